The Morgan fingerprint density at radius 3 is 1.89 bits per heavy atom. The van der Waals surface area contributed by atoms with Crippen molar-refractivity contribution >= 4 is 5.97 Å². The fraction of sp³-hybridized carbons (Fsp3) is 0.923. The summed E-state index contributed by atoms with van der Waals surface area (Å²) in [5.41, 5.74) is -3.49. The van der Waals surface area contributed by atoms with E-state index in [1.807, 2.05) is 0 Å². The first-order valence-electron chi connectivity index (χ1n) is 7.34. The van der Waals surface area contributed by atoms with Crippen molar-refractivity contribution in [3.8, 4) is 0 Å². The van der Waals surface area contributed by atoms with Crippen LogP contribution in [0.15, 0.2) is 0 Å². The van der Waals surface area contributed by atoms with Crippen molar-refractivity contribution in [1.29, 1.82) is 0 Å². The summed E-state index contributed by atoms with van der Waals surface area (Å²) >= 11 is 0. The topological polar surface area (TPSA) is 55.8 Å². The van der Waals surface area contributed by atoms with E-state index in [1.54, 1.807) is 0 Å². The predicted octanol–water partition coefficient (Wildman–Crippen LogP) is 4.11. The van der Waals surface area contributed by atoms with Gasteiger partial charge in [-0.2, -0.15) is 48.3 Å². The summed E-state index contributed by atoms with van der Waals surface area (Å²) in [4.78, 5) is 11.8. The molecule has 0 amide bonds. The van der Waals surface area contributed by atoms with Crippen LogP contribution in [0.2, 0.25) is 0 Å². The van der Waals surface area contributed by atoms with Crippen LogP contribution in [-0.2, 0) is 14.3 Å². The molecule has 0 aromatic carbocycles. The molecule has 15 heteroatoms. The quantitative estimate of drug-likeness (QED) is 0.528. The molecule has 1 aliphatic heterocycles. The summed E-state index contributed by atoms with van der Waals surface area (Å²) in [5.74, 6) is -14.0. The Bertz CT molecular complexity index is 597. The molecule has 0 radical (unpaired) electrons. The van der Waals surface area contributed by atoms with E-state index in [9.17, 15) is 53.1 Å². The number of esters is 1. The molecule has 1 saturated heterocycles. The molecular formula is C13H13F11O4. The largest absolute Gasteiger partial charge is 0.455 e. The third-order valence-electron chi connectivity index (χ3n) is 4.38. The number of hydrogen-bond donors (Lipinski definition) is 1. The molecule has 1 N–H and O–H groups in total. The Kier molecular flexibility index (Phi) is 6.03. The fourth-order valence-corrected chi connectivity index (χ4v) is 2.19. The monoisotopic (exact) mass is 442 g/mol. The van der Waals surface area contributed by atoms with E-state index in [2.05, 4.69) is 9.47 Å². The van der Waals surface area contributed by atoms with Gasteiger partial charge < -0.3 is 14.6 Å². The lowest BCUT2D eigenvalue weighted by Gasteiger charge is -2.47. The summed E-state index contributed by atoms with van der Waals surface area (Å²) in [6, 6.07) is 0. The lowest BCUT2D eigenvalue weighted by Crippen LogP contribution is -2.71. The molecule has 0 spiro atoms. The van der Waals surface area contributed by atoms with Crippen LogP contribution in [0.1, 0.15) is 26.7 Å². The van der Waals surface area contributed by atoms with Crippen molar-refractivity contribution in [2.75, 3.05) is 0 Å². The second-order valence-corrected chi connectivity index (χ2v) is 6.23. The molecule has 0 aromatic rings. The van der Waals surface area contributed by atoms with E-state index < -0.39 is 66.7 Å². The van der Waals surface area contributed by atoms with Crippen LogP contribution in [0.5, 0.6) is 0 Å². The molecule has 0 aromatic heterocycles. The number of hydrogen-bond acceptors (Lipinski definition) is 4. The van der Waals surface area contributed by atoms with Gasteiger partial charge in [0.15, 0.2) is 17.6 Å². The Hall–Kier alpha value is -1.38. The molecule has 0 saturated carbocycles. The maximum Gasteiger partial charge on any atom is 0.449 e. The lowest BCUT2D eigenvalue weighted by atomic mass is 9.86. The standard InChI is InChI=1S/C13H13F11O4/c1-3-8(2,12(19,20)21)7(25)27-5-4-6(10(16,17)18)28-11(26,9(5,14)15)13(22,23)24/h5-6,26H,3-4H2,1-2H3. The Labute approximate surface area is 149 Å². The van der Waals surface area contributed by atoms with Crippen LogP contribution in [0.4, 0.5) is 48.3 Å². The van der Waals surface area contributed by atoms with Gasteiger partial charge in [0.1, 0.15) is 0 Å². The second kappa shape index (κ2) is 6.85. The van der Waals surface area contributed by atoms with Crippen LogP contribution in [0.25, 0.3) is 0 Å². The first kappa shape index (κ1) is 24.7. The van der Waals surface area contributed by atoms with E-state index in [0.717, 1.165) is 6.92 Å². The van der Waals surface area contributed by atoms with E-state index in [1.165, 1.54) is 0 Å². The summed E-state index contributed by atoms with van der Waals surface area (Å²) in [6.07, 6.45) is -28.4. The molecule has 1 fully saturated rings. The van der Waals surface area contributed by atoms with E-state index in [0.29, 0.717) is 0 Å². The Balaban J connectivity index is 3.41. The minimum absolute atomic E-state index is 0.171. The van der Waals surface area contributed by atoms with E-state index in [4.69, 9.17) is 5.11 Å². The number of carbonyl (C=O) groups excluding carboxylic acids is 1. The number of alkyl halides is 11. The minimum atomic E-state index is -6.51. The normalized spacial score (nSPS) is 31.2. The lowest BCUT2D eigenvalue weighted by molar-refractivity contribution is -0.483. The van der Waals surface area contributed by atoms with Gasteiger partial charge in [-0.1, -0.05) is 6.92 Å². The van der Waals surface area contributed by atoms with Gasteiger partial charge in [-0.05, 0) is 13.3 Å². The SMILES string of the molecule is CCC(C)(C(=O)OC1CC(C(F)(F)F)OC(O)(C(F)(F)F)C1(F)F)C(F)(F)F. The maximum absolute atomic E-state index is 14.1. The van der Waals surface area contributed by atoms with Gasteiger partial charge in [-0.25, -0.2) is 0 Å². The average molecular weight is 442 g/mol. The average Bonchev–Trinajstić information content (AvgIpc) is 2.47. The second-order valence-electron chi connectivity index (χ2n) is 6.23. The van der Waals surface area contributed by atoms with Crippen molar-refractivity contribution in [3.05, 3.63) is 0 Å². The van der Waals surface area contributed by atoms with Gasteiger partial charge in [-0.3, -0.25) is 4.79 Å². The molecule has 0 bridgehead atoms. The molecule has 4 nitrogen and oxygen atoms in total. The van der Waals surface area contributed by atoms with Gasteiger partial charge >= 0.3 is 36.2 Å². The minimum Gasteiger partial charge on any atom is -0.455 e. The summed E-state index contributed by atoms with van der Waals surface area (Å²) in [6.45, 7) is 0.936. The van der Waals surface area contributed by atoms with Crippen LogP contribution in [-0.4, -0.2) is 53.5 Å². The number of halogens is 11. The summed E-state index contributed by atoms with van der Waals surface area (Å²) in [7, 11) is 0. The van der Waals surface area contributed by atoms with E-state index in [-0.39, 0.29) is 6.92 Å². The number of carbonyl (C=O) groups is 1. The summed E-state index contributed by atoms with van der Waals surface area (Å²) in [5, 5.41) is 9.16. The highest BCUT2D eigenvalue weighted by Gasteiger charge is 2.79. The zero-order chi connectivity index (χ0) is 22.6. The molecule has 166 valence electrons. The third kappa shape index (κ3) is 3.86. The van der Waals surface area contributed by atoms with E-state index >= 15 is 0 Å². The van der Waals surface area contributed by atoms with Gasteiger partial charge in [0.05, 0.1) is 0 Å². The molecular weight excluding hydrogens is 429 g/mol. The van der Waals surface area contributed by atoms with Crippen LogP contribution in [0.3, 0.4) is 0 Å². The third-order valence-corrected chi connectivity index (χ3v) is 4.38. The van der Waals surface area contributed by atoms with Crippen LogP contribution >= 0.6 is 0 Å². The fourth-order valence-electron chi connectivity index (χ4n) is 2.19. The van der Waals surface area contributed by atoms with Crippen molar-refractivity contribution in [2.24, 2.45) is 5.41 Å². The molecule has 1 aliphatic rings. The molecule has 1 heterocycles. The van der Waals surface area contributed by atoms with Crippen LogP contribution < -0.4 is 0 Å². The predicted molar refractivity (Wildman–Crippen MR) is 65.8 cm³/mol. The molecule has 28 heavy (non-hydrogen) atoms. The first-order valence-corrected chi connectivity index (χ1v) is 7.34. The zero-order valence-corrected chi connectivity index (χ0v) is 13.9. The highest BCUT2D eigenvalue weighted by Crippen LogP contribution is 2.53. The highest BCUT2D eigenvalue weighted by molar-refractivity contribution is 5.77. The first-order chi connectivity index (χ1) is 12.1. The molecule has 0 aliphatic carbocycles. The molecule has 4 atom stereocenters. The van der Waals surface area contributed by atoms with Crippen molar-refractivity contribution < 1.29 is 67.7 Å². The van der Waals surface area contributed by atoms with Gasteiger partial charge in [-0.15, -0.1) is 0 Å². The van der Waals surface area contributed by atoms with Crippen LogP contribution in [0, 0.1) is 5.41 Å². The van der Waals surface area contributed by atoms with Gasteiger partial charge in [0.25, 0.3) is 0 Å². The Morgan fingerprint density at radius 1 is 1.11 bits per heavy atom. The van der Waals surface area contributed by atoms with Crippen molar-refractivity contribution in [3.63, 3.8) is 0 Å². The Morgan fingerprint density at radius 2 is 1.57 bits per heavy atom. The molecule has 1 rings (SSSR count). The maximum atomic E-state index is 14.1. The number of aliphatic hydroxyl groups is 1. The number of rotatable bonds is 3. The van der Waals surface area contributed by atoms with Gasteiger partial charge in [0, 0.05) is 6.42 Å². The number of ether oxygens (including phenoxy) is 2. The summed E-state index contributed by atoms with van der Waals surface area (Å²) < 4.78 is 151. The smallest absolute Gasteiger partial charge is 0.449 e. The van der Waals surface area contributed by atoms with Crippen molar-refractivity contribution in [1.82, 2.24) is 0 Å². The molecule has 4 unspecified atom stereocenters. The highest BCUT2D eigenvalue weighted by atomic mass is 19.4. The van der Waals surface area contributed by atoms with Crippen molar-refractivity contribution in [2.45, 2.75) is 69.1 Å². The van der Waals surface area contributed by atoms with Gasteiger partial charge in [0.2, 0.25) is 0 Å². The zero-order valence-electron chi connectivity index (χ0n) is 13.9.